The Morgan fingerprint density at radius 2 is 1.85 bits per heavy atom. The molecule has 0 fully saturated rings. The lowest BCUT2D eigenvalue weighted by molar-refractivity contribution is 0.621. The standard InChI is InChI=1S/C15H11BrFN3/c16-12-8-10(6-7-13(12)17)15-14(18)9-20(19-15)11-4-2-1-3-5-11/h1-9H,18H2. The van der Waals surface area contributed by atoms with Crippen LogP contribution in [-0.4, -0.2) is 9.78 Å². The van der Waals surface area contributed by atoms with E-state index in [9.17, 15) is 4.39 Å². The van der Waals surface area contributed by atoms with E-state index < -0.39 is 0 Å². The van der Waals surface area contributed by atoms with Gasteiger partial charge in [-0.15, -0.1) is 0 Å². The monoisotopic (exact) mass is 331 g/mol. The summed E-state index contributed by atoms with van der Waals surface area (Å²) in [6.07, 6.45) is 1.75. The van der Waals surface area contributed by atoms with E-state index in [1.807, 2.05) is 30.3 Å². The van der Waals surface area contributed by atoms with Crippen LogP contribution in [0.1, 0.15) is 0 Å². The van der Waals surface area contributed by atoms with Crippen molar-refractivity contribution in [2.24, 2.45) is 0 Å². The Hall–Kier alpha value is -2.14. The second-order valence-electron chi connectivity index (χ2n) is 4.34. The maximum Gasteiger partial charge on any atom is 0.137 e. The Bertz CT molecular complexity index is 753. The Balaban J connectivity index is 2.07. The first-order chi connectivity index (χ1) is 9.65. The van der Waals surface area contributed by atoms with Gasteiger partial charge >= 0.3 is 0 Å². The number of nitrogen functional groups attached to an aromatic ring is 1. The Morgan fingerprint density at radius 1 is 1.10 bits per heavy atom. The van der Waals surface area contributed by atoms with Gasteiger partial charge in [0, 0.05) is 5.56 Å². The minimum absolute atomic E-state index is 0.310. The van der Waals surface area contributed by atoms with E-state index >= 15 is 0 Å². The van der Waals surface area contributed by atoms with Crippen molar-refractivity contribution in [1.82, 2.24) is 9.78 Å². The summed E-state index contributed by atoms with van der Waals surface area (Å²) in [5.74, 6) is -0.310. The average Bonchev–Trinajstić information content (AvgIpc) is 2.85. The molecule has 5 heteroatoms. The zero-order valence-electron chi connectivity index (χ0n) is 10.4. The third-order valence-electron chi connectivity index (χ3n) is 2.96. The van der Waals surface area contributed by atoms with E-state index in [1.165, 1.54) is 6.07 Å². The summed E-state index contributed by atoms with van der Waals surface area (Å²) in [5, 5.41) is 4.47. The highest BCUT2D eigenvalue weighted by Crippen LogP contribution is 2.28. The molecular weight excluding hydrogens is 321 g/mol. The molecule has 0 radical (unpaired) electrons. The minimum Gasteiger partial charge on any atom is -0.396 e. The van der Waals surface area contributed by atoms with E-state index in [0.717, 1.165) is 11.3 Å². The predicted molar refractivity (Wildman–Crippen MR) is 81.1 cm³/mol. The summed E-state index contributed by atoms with van der Waals surface area (Å²) >= 11 is 3.17. The van der Waals surface area contributed by atoms with Gasteiger partial charge in [0.25, 0.3) is 0 Å². The minimum atomic E-state index is -0.310. The van der Waals surface area contributed by atoms with Crippen molar-refractivity contribution in [2.75, 3.05) is 5.73 Å². The molecule has 0 aliphatic heterocycles. The molecule has 0 amide bonds. The van der Waals surface area contributed by atoms with Crippen molar-refractivity contribution in [3.8, 4) is 16.9 Å². The molecule has 0 aliphatic carbocycles. The van der Waals surface area contributed by atoms with Crippen molar-refractivity contribution in [2.45, 2.75) is 0 Å². The molecule has 0 bridgehead atoms. The van der Waals surface area contributed by atoms with Gasteiger partial charge in [0.2, 0.25) is 0 Å². The lowest BCUT2D eigenvalue weighted by atomic mass is 10.1. The fourth-order valence-corrected chi connectivity index (χ4v) is 2.35. The van der Waals surface area contributed by atoms with E-state index in [4.69, 9.17) is 5.73 Å². The van der Waals surface area contributed by atoms with Gasteiger partial charge in [-0.3, -0.25) is 0 Å². The Morgan fingerprint density at radius 3 is 2.55 bits per heavy atom. The van der Waals surface area contributed by atoms with Crippen LogP contribution < -0.4 is 5.73 Å². The number of hydrogen-bond donors (Lipinski definition) is 1. The first-order valence-corrected chi connectivity index (χ1v) is 6.80. The van der Waals surface area contributed by atoms with Gasteiger partial charge in [0.05, 0.1) is 22.0 Å². The summed E-state index contributed by atoms with van der Waals surface area (Å²) in [6, 6.07) is 14.4. The highest BCUT2D eigenvalue weighted by Gasteiger charge is 2.11. The van der Waals surface area contributed by atoms with Gasteiger partial charge in [0.15, 0.2) is 0 Å². The summed E-state index contributed by atoms with van der Waals surface area (Å²) in [5.41, 5.74) is 8.88. The van der Waals surface area contributed by atoms with Gasteiger partial charge in [0.1, 0.15) is 11.5 Å². The van der Waals surface area contributed by atoms with Crippen LogP contribution in [0.5, 0.6) is 0 Å². The Labute approximate surface area is 124 Å². The molecule has 0 saturated carbocycles. The first-order valence-electron chi connectivity index (χ1n) is 6.01. The molecule has 3 rings (SSSR count). The summed E-state index contributed by atoms with van der Waals surface area (Å²) in [4.78, 5) is 0. The predicted octanol–water partition coefficient (Wildman–Crippen LogP) is 4.02. The maximum atomic E-state index is 13.3. The van der Waals surface area contributed by atoms with Crippen LogP contribution in [0.3, 0.4) is 0 Å². The number of halogens is 2. The van der Waals surface area contributed by atoms with Crippen LogP contribution in [-0.2, 0) is 0 Å². The first kappa shape index (κ1) is 12.9. The Kier molecular flexibility index (Phi) is 3.28. The van der Waals surface area contributed by atoms with Gasteiger partial charge in [-0.2, -0.15) is 5.10 Å². The molecule has 0 aliphatic rings. The van der Waals surface area contributed by atoms with Crippen LogP contribution in [0.2, 0.25) is 0 Å². The lowest BCUT2D eigenvalue weighted by Crippen LogP contribution is -1.94. The number of hydrogen-bond acceptors (Lipinski definition) is 2. The van der Waals surface area contributed by atoms with E-state index in [0.29, 0.717) is 15.9 Å². The smallest absolute Gasteiger partial charge is 0.137 e. The number of anilines is 1. The zero-order chi connectivity index (χ0) is 14.1. The van der Waals surface area contributed by atoms with Crippen LogP contribution in [0.4, 0.5) is 10.1 Å². The molecule has 0 atom stereocenters. The van der Waals surface area contributed by atoms with Crippen LogP contribution in [0, 0.1) is 5.82 Å². The van der Waals surface area contributed by atoms with Gasteiger partial charge in [-0.1, -0.05) is 18.2 Å². The van der Waals surface area contributed by atoms with Crippen molar-refractivity contribution >= 4 is 21.6 Å². The second-order valence-corrected chi connectivity index (χ2v) is 5.20. The summed E-state index contributed by atoms with van der Waals surface area (Å²) in [6.45, 7) is 0. The van der Waals surface area contributed by atoms with Crippen molar-refractivity contribution in [3.05, 3.63) is 65.0 Å². The van der Waals surface area contributed by atoms with Gasteiger partial charge in [-0.05, 0) is 46.3 Å². The molecule has 1 aromatic heterocycles. The fraction of sp³-hybridized carbons (Fsp3) is 0. The number of rotatable bonds is 2. The number of nitrogens with zero attached hydrogens (tertiary/aromatic N) is 2. The van der Waals surface area contributed by atoms with Crippen LogP contribution in [0.25, 0.3) is 16.9 Å². The fourth-order valence-electron chi connectivity index (χ4n) is 1.97. The van der Waals surface area contributed by atoms with Gasteiger partial charge in [-0.25, -0.2) is 9.07 Å². The zero-order valence-corrected chi connectivity index (χ0v) is 12.0. The van der Waals surface area contributed by atoms with Crippen molar-refractivity contribution in [1.29, 1.82) is 0 Å². The number of benzene rings is 2. The average molecular weight is 332 g/mol. The SMILES string of the molecule is Nc1cn(-c2ccccc2)nc1-c1ccc(F)c(Br)c1. The molecule has 20 heavy (non-hydrogen) atoms. The normalized spacial score (nSPS) is 10.7. The quantitative estimate of drug-likeness (QED) is 0.770. The summed E-state index contributed by atoms with van der Waals surface area (Å²) in [7, 11) is 0. The van der Waals surface area contributed by atoms with Crippen molar-refractivity contribution < 1.29 is 4.39 Å². The van der Waals surface area contributed by atoms with E-state index in [-0.39, 0.29) is 5.82 Å². The third-order valence-corrected chi connectivity index (χ3v) is 3.56. The van der Waals surface area contributed by atoms with Crippen molar-refractivity contribution in [3.63, 3.8) is 0 Å². The molecule has 3 nitrogen and oxygen atoms in total. The van der Waals surface area contributed by atoms with Gasteiger partial charge < -0.3 is 5.73 Å². The third kappa shape index (κ3) is 2.32. The van der Waals surface area contributed by atoms with Crippen LogP contribution >= 0.6 is 15.9 Å². The summed E-state index contributed by atoms with van der Waals surface area (Å²) < 4.78 is 15.4. The molecule has 2 N–H and O–H groups in total. The van der Waals surface area contributed by atoms with Crippen LogP contribution in [0.15, 0.2) is 59.2 Å². The molecular formula is C15H11BrFN3. The highest BCUT2D eigenvalue weighted by atomic mass is 79.9. The molecule has 0 unspecified atom stereocenters. The highest BCUT2D eigenvalue weighted by molar-refractivity contribution is 9.10. The van der Waals surface area contributed by atoms with E-state index in [2.05, 4.69) is 21.0 Å². The second kappa shape index (κ2) is 5.09. The molecule has 3 aromatic rings. The molecule has 0 saturated heterocycles. The lowest BCUT2D eigenvalue weighted by Gasteiger charge is -2.01. The number of nitrogens with two attached hydrogens (primary N) is 1. The molecule has 0 spiro atoms. The van der Waals surface area contributed by atoms with E-state index in [1.54, 1.807) is 23.0 Å². The molecule has 100 valence electrons. The largest absolute Gasteiger partial charge is 0.396 e. The topological polar surface area (TPSA) is 43.8 Å². The maximum absolute atomic E-state index is 13.3. The number of aromatic nitrogens is 2. The molecule has 1 heterocycles. The molecule has 2 aromatic carbocycles. The number of para-hydroxylation sites is 1.